The third kappa shape index (κ3) is 3.63. The van der Waals surface area contributed by atoms with Crippen LogP contribution >= 0.6 is 11.6 Å². The molecule has 3 rings (SSSR count). The first-order chi connectivity index (χ1) is 11.5. The van der Waals surface area contributed by atoms with E-state index in [9.17, 15) is 4.79 Å². The van der Waals surface area contributed by atoms with Crippen molar-refractivity contribution in [1.29, 1.82) is 0 Å². The topological polar surface area (TPSA) is 58.1 Å². The Hall–Kier alpha value is -2.66. The summed E-state index contributed by atoms with van der Waals surface area (Å²) in [7, 11) is 3.51. The van der Waals surface area contributed by atoms with Crippen molar-refractivity contribution in [3.8, 4) is 0 Å². The molecule has 1 amide bonds. The number of aromatic nitrogens is 2. The van der Waals surface area contributed by atoms with E-state index in [1.165, 1.54) is 6.33 Å². The average Bonchev–Trinajstić information content (AvgIpc) is 2.56. The van der Waals surface area contributed by atoms with Crippen molar-refractivity contribution in [2.24, 2.45) is 0 Å². The molecule has 0 spiro atoms. The molecule has 3 aromatic rings. The Balaban J connectivity index is 1.80. The van der Waals surface area contributed by atoms with Gasteiger partial charge in [-0.3, -0.25) is 4.79 Å². The lowest BCUT2D eigenvalue weighted by Gasteiger charge is -2.11. The maximum atomic E-state index is 11.7. The van der Waals surface area contributed by atoms with Crippen LogP contribution in [0.25, 0.3) is 10.9 Å². The molecule has 1 aromatic heterocycles. The minimum absolute atomic E-state index is 0.0781. The van der Waals surface area contributed by atoms with Gasteiger partial charge in [0.25, 0.3) is 0 Å². The molecule has 0 unspecified atom stereocenters. The van der Waals surface area contributed by atoms with E-state index in [4.69, 9.17) is 11.6 Å². The molecule has 122 valence electrons. The van der Waals surface area contributed by atoms with Gasteiger partial charge in [0.1, 0.15) is 12.1 Å². The summed E-state index contributed by atoms with van der Waals surface area (Å²) >= 11 is 6.00. The van der Waals surface area contributed by atoms with Crippen LogP contribution in [-0.2, 0) is 11.2 Å². The average molecular weight is 341 g/mol. The Kier molecular flexibility index (Phi) is 4.62. The third-order valence-corrected chi connectivity index (χ3v) is 3.90. The highest BCUT2D eigenvalue weighted by Gasteiger charge is 2.07. The first-order valence-electron chi connectivity index (χ1n) is 7.49. The normalized spacial score (nSPS) is 10.6. The zero-order valence-electron chi connectivity index (χ0n) is 13.5. The summed E-state index contributed by atoms with van der Waals surface area (Å²) in [6.45, 7) is 0. The largest absolute Gasteiger partial charge is 0.349 e. The predicted molar refractivity (Wildman–Crippen MR) is 96.7 cm³/mol. The molecule has 0 saturated carbocycles. The van der Waals surface area contributed by atoms with E-state index in [0.717, 1.165) is 22.2 Å². The highest BCUT2D eigenvalue weighted by Crippen LogP contribution is 2.25. The molecular weight excluding hydrogens is 324 g/mol. The second kappa shape index (κ2) is 6.84. The summed E-state index contributed by atoms with van der Waals surface area (Å²) in [5.41, 5.74) is 2.65. The number of hydrogen-bond acceptors (Lipinski definition) is 4. The van der Waals surface area contributed by atoms with Gasteiger partial charge in [-0.05, 0) is 35.9 Å². The number of carbonyl (C=O) groups is 1. The van der Waals surface area contributed by atoms with Gasteiger partial charge in [-0.2, -0.15) is 0 Å². The van der Waals surface area contributed by atoms with Crippen LogP contribution in [-0.4, -0.2) is 34.9 Å². The van der Waals surface area contributed by atoms with Gasteiger partial charge in [0.05, 0.1) is 11.9 Å². The van der Waals surface area contributed by atoms with Crippen LogP contribution in [0.2, 0.25) is 5.02 Å². The molecule has 0 aliphatic carbocycles. The second-order valence-corrected chi connectivity index (χ2v) is 6.11. The highest BCUT2D eigenvalue weighted by molar-refractivity contribution is 6.31. The summed E-state index contributed by atoms with van der Waals surface area (Å²) in [5.74, 6) is 0.795. The van der Waals surface area contributed by atoms with Crippen molar-refractivity contribution < 1.29 is 4.79 Å². The number of nitrogens with zero attached hydrogens (tertiary/aromatic N) is 3. The lowest BCUT2D eigenvalue weighted by Crippen LogP contribution is -2.23. The second-order valence-electron chi connectivity index (χ2n) is 5.67. The molecule has 2 aromatic carbocycles. The van der Waals surface area contributed by atoms with Crippen LogP contribution in [0.4, 0.5) is 11.5 Å². The van der Waals surface area contributed by atoms with Crippen molar-refractivity contribution >= 4 is 39.9 Å². The van der Waals surface area contributed by atoms with E-state index in [2.05, 4.69) is 15.3 Å². The maximum absolute atomic E-state index is 11.7. The monoisotopic (exact) mass is 340 g/mol. The standard InChI is InChI=1S/C18H17ClN4O/c1-23(2)17(24)9-12-3-6-14(7-4-12)22-18-15-8-5-13(19)10-16(15)20-11-21-18/h3-8,10-11H,9H2,1-2H3,(H,20,21,22). The molecule has 0 fully saturated rings. The number of carbonyl (C=O) groups excluding carboxylic acids is 1. The summed E-state index contributed by atoms with van der Waals surface area (Å²) in [6.07, 6.45) is 1.90. The van der Waals surface area contributed by atoms with E-state index < -0.39 is 0 Å². The number of rotatable bonds is 4. The third-order valence-electron chi connectivity index (χ3n) is 3.67. The summed E-state index contributed by atoms with van der Waals surface area (Å²) in [6, 6.07) is 13.2. The first kappa shape index (κ1) is 16.2. The van der Waals surface area contributed by atoms with Gasteiger partial charge >= 0.3 is 0 Å². The SMILES string of the molecule is CN(C)C(=O)Cc1ccc(Nc2ncnc3cc(Cl)ccc23)cc1. The van der Waals surface area contributed by atoms with Gasteiger partial charge in [0.2, 0.25) is 5.91 Å². The Morgan fingerprint density at radius 2 is 1.88 bits per heavy atom. The van der Waals surface area contributed by atoms with Crippen LogP contribution in [0.5, 0.6) is 0 Å². The fraction of sp³-hybridized carbons (Fsp3) is 0.167. The van der Waals surface area contributed by atoms with Crippen molar-refractivity contribution in [2.45, 2.75) is 6.42 Å². The van der Waals surface area contributed by atoms with Crippen LogP contribution in [0, 0.1) is 0 Å². The number of fused-ring (bicyclic) bond motifs is 1. The van der Waals surface area contributed by atoms with E-state index in [0.29, 0.717) is 17.3 Å². The molecule has 5 nitrogen and oxygen atoms in total. The maximum Gasteiger partial charge on any atom is 0.226 e. The highest BCUT2D eigenvalue weighted by atomic mass is 35.5. The van der Waals surface area contributed by atoms with Crippen LogP contribution < -0.4 is 5.32 Å². The van der Waals surface area contributed by atoms with Crippen molar-refractivity contribution in [2.75, 3.05) is 19.4 Å². The van der Waals surface area contributed by atoms with Gasteiger partial charge in [-0.15, -0.1) is 0 Å². The Bertz CT molecular complexity index is 878. The van der Waals surface area contributed by atoms with Gasteiger partial charge < -0.3 is 10.2 Å². The Morgan fingerprint density at radius 1 is 1.12 bits per heavy atom. The fourth-order valence-electron chi connectivity index (χ4n) is 2.31. The minimum atomic E-state index is 0.0781. The summed E-state index contributed by atoms with van der Waals surface area (Å²) in [4.78, 5) is 21.9. The molecule has 0 bridgehead atoms. The fourth-order valence-corrected chi connectivity index (χ4v) is 2.47. The summed E-state index contributed by atoms with van der Waals surface area (Å²) in [5, 5.41) is 4.82. The zero-order chi connectivity index (χ0) is 17.1. The van der Waals surface area contributed by atoms with Crippen molar-refractivity contribution in [3.63, 3.8) is 0 Å². The Labute approximate surface area is 145 Å². The quantitative estimate of drug-likeness (QED) is 0.787. The van der Waals surface area contributed by atoms with E-state index >= 15 is 0 Å². The first-order valence-corrected chi connectivity index (χ1v) is 7.87. The number of halogens is 1. The molecule has 1 N–H and O–H groups in total. The smallest absolute Gasteiger partial charge is 0.226 e. The predicted octanol–water partition coefficient (Wildman–Crippen LogP) is 3.66. The van der Waals surface area contributed by atoms with Gasteiger partial charge in [0, 0.05) is 30.2 Å². The Morgan fingerprint density at radius 3 is 2.58 bits per heavy atom. The lowest BCUT2D eigenvalue weighted by atomic mass is 10.1. The van der Waals surface area contributed by atoms with Crippen LogP contribution in [0.15, 0.2) is 48.8 Å². The van der Waals surface area contributed by atoms with Gasteiger partial charge in [-0.25, -0.2) is 9.97 Å². The number of nitrogens with one attached hydrogen (secondary N) is 1. The van der Waals surface area contributed by atoms with Crippen LogP contribution in [0.1, 0.15) is 5.56 Å². The number of anilines is 2. The number of likely N-dealkylation sites (N-methyl/N-ethyl adjacent to an activating group) is 1. The molecule has 24 heavy (non-hydrogen) atoms. The van der Waals surface area contributed by atoms with Gasteiger partial charge in [0.15, 0.2) is 0 Å². The van der Waals surface area contributed by atoms with E-state index in [1.54, 1.807) is 25.1 Å². The van der Waals surface area contributed by atoms with Crippen LogP contribution in [0.3, 0.4) is 0 Å². The molecular formula is C18H17ClN4O. The van der Waals surface area contributed by atoms with Crippen molar-refractivity contribution in [3.05, 3.63) is 59.4 Å². The number of hydrogen-bond donors (Lipinski definition) is 1. The molecule has 0 saturated heterocycles. The van der Waals surface area contributed by atoms with E-state index in [-0.39, 0.29) is 5.91 Å². The minimum Gasteiger partial charge on any atom is -0.349 e. The van der Waals surface area contributed by atoms with Crippen molar-refractivity contribution in [1.82, 2.24) is 14.9 Å². The number of amides is 1. The lowest BCUT2D eigenvalue weighted by molar-refractivity contribution is -0.127. The molecule has 0 atom stereocenters. The molecule has 0 aliphatic rings. The molecule has 0 radical (unpaired) electrons. The zero-order valence-corrected chi connectivity index (χ0v) is 14.2. The van der Waals surface area contributed by atoms with E-state index in [1.807, 2.05) is 36.4 Å². The number of benzene rings is 2. The molecule has 6 heteroatoms. The molecule has 0 aliphatic heterocycles. The summed E-state index contributed by atoms with van der Waals surface area (Å²) < 4.78 is 0. The van der Waals surface area contributed by atoms with Gasteiger partial charge in [-0.1, -0.05) is 23.7 Å². The molecule has 1 heterocycles.